The second-order valence-corrected chi connectivity index (χ2v) is 5.29. The van der Waals surface area contributed by atoms with Crippen LogP contribution in [0.2, 0.25) is 0 Å². The van der Waals surface area contributed by atoms with E-state index in [2.05, 4.69) is 43.0 Å². The van der Waals surface area contributed by atoms with Crippen LogP contribution in [0.15, 0.2) is 24.3 Å². The lowest BCUT2D eigenvalue weighted by Crippen LogP contribution is -2.24. The molecule has 0 N–H and O–H groups in total. The molecule has 2 atom stereocenters. The highest BCUT2D eigenvalue weighted by atomic mass is 16.5. The van der Waals surface area contributed by atoms with Crippen LogP contribution < -0.4 is 0 Å². The lowest BCUT2D eigenvalue weighted by Gasteiger charge is -2.15. The van der Waals surface area contributed by atoms with E-state index < -0.39 is 0 Å². The van der Waals surface area contributed by atoms with Crippen LogP contribution in [0.3, 0.4) is 0 Å². The lowest BCUT2D eigenvalue weighted by molar-refractivity contribution is -0.146. The second kappa shape index (κ2) is 5.53. The van der Waals surface area contributed by atoms with Crippen LogP contribution in [-0.4, -0.2) is 31.1 Å². The van der Waals surface area contributed by atoms with E-state index >= 15 is 0 Å². The lowest BCUT2D eigenvalue weighted by atomic mass is 9.99. The summed E-state index contributed by atoms with van der Waals surface area (Å²) < 4.78 is 4.86. The van der Waals surface area contributed by atoms with Gasteiger partial charge in [-0.3, -0.25) is 9.69 Å². The third-order valence-corrected chi connectivity index (χ3v) is 3.68. The number of carbonyl (C=O) groups excluding carboxylic acids is 1. The molecule has 1 saturated heterocycles. The molecule has 0 bridgehead atoms. The van der Waals surface area contributed by atoms with E-state index in [4.69, 9.17) is 4.74 Å². The summed E-state index contributed by atoms with van der Waals surface area (Å²) in [4.78, 5) is 14.0. The van der Waals surface area contributed by atoms with Crippen LogP contribution in [0.5, 0.6) is 0 Å². The van der Waals surface area contributed by atoms with Gasteiger partial charge in [0.15, 0.2) is 0 Å². The van der Waals surface area contributed by atoms with Crippen LogP contribution in [0.25, 0.3) is 0 Å². The van der Waals surface area contributed by atoms with Crippen LogP contribution in [0.1, 0.15) is 18.1 Å². The number of aryl methyl sites for hydroxylation is 1. The molecule has 3 nitrogen and oxygen atoms in total. The molecule has 1 aliphatic rings. The van der Waals surface area contributed by atoms with Gasteiger partial charge in [0.25, 0.3) is 0 Å². The van der Waals surface area contributed by atoms with E-state index in [-0.39, 0.29) is 11.9 Å². The molecule has 0 aliphatic carbocycles. The molecule has 0 radical (unpaired) electrons. The van der Waals surface area contributed by atoms with E-state index in [1.54, 1.807) is 0 Å². The van der Waals surface area contributed by atoms with Crippen molar-refractivity contribution in [3.8, 4) is 0 Å². The second-order valence-electron chi connectivity index (χ2n) is 5.29. The van der Waals surface area contributed by atoms with Crippen molar-refractivity contribution in [1.29, 1.82) is 0 Å². The number of esters is 1. The van der Waals surface area contributed by atoms with Gasteiger partial charge in [-0.05, 0) is 18.4 Å². The van der Waals surface area contributed by atoms with Gasteiger partial charge in [0.05, 0.1) is 13.0 Å². The average molecular weight is 247 g/mol. The van der Waals surface area contributed by atoms with Crippen LogP contribution in [0, 0.1) is 18.8 Å². The molecule has 1 fully saturated rings. The minimum Gasteiger partial charge on any atom is -0.469 e. The number of ether oxygens (including phenoxy) is 1. The molecule has 0 amide bonds. The van der Waals surface area contributed by atoms with Gasteiger partial charge in [0.1, 0.15) is 0 Å². The van der Waals surface area contributed by atoms with Crippen LogP contribution in [0.4, 0.5) is 0 Å². The molecular weight excluding hydrogens is 226 g/mol. The molecule has 18 heavy (non-hydrogen) atoms. The Morgan fingerprint density at radius 2 is 2.22 bits per heavy atom. The summed E-state index contributed by atoms with van der Waals surface area (Å²) in [7, 11) is 1.47. The number of nitrogens with zero attached hydrogens (tertiary/aromatic N) is 1. The first-order valence-corrected chi connectivity index (χ1v) is 6.46. The fraction of sp³-hybridized carbons (Fsp3) is 0.533. The molecular formula is C15H21NO2. The molecule has 0 saturated carbocycles. The van der Waals surface area contributed by atoms with Crippen molar-refractivity contribution in [3.05, 3.63) is 35.4 Å². The van der Waals surface area contributed by atoms with Crippen molar-refractivity contribution in [1.82, 2.24) is 4.90 Å². The standard InChI is InChI=1S/C15H21NO2/c1-11-5-4-6-13(7-11)9-16-8-12(2)14(10-16)15(17)18-3/h4-7,12,14H,8-10H2,1-3H3. The summed E-state index contributed by atoms with van der Waals surface area (Å²) in [6, 6.07) is 8.54. The summed E-state index contributed by atoms with van der Waals surface area (Å²) in [6.07, 6.45) is 0. The molecule has 0 aromatic heterocycles. The number of rotatable bonds is 3. The molecule has 2 unspecified atom stereocenters. The van der Waals surface area contributed by atoms with Gasteiger partial charge in [-0.1, -0.05) is 36.8 Å². The van der Waals surface area contributed by atoms with Gasteiger partial charge in [0, 0.05) is 19.6 Å². The minimum absolute atomic E-state index is 0.0276. The average Bonchev–Trinajstić information content (AvgIpc) is 2.69. The van der Waals surface area contributed by atoms with Gasteiger partial charge < -0.3 is 4.74 Å². The van der Waals surface area contributed by atoms with Crippen molar-refractivity contribution < 1.29 is 9.53 Å². The fourth-order valence-electron chi connectivity index (χ4n) is 2.72. The SMILES string of the molecule is COC(=O)C1CN(Cc2cccc(C)c2)CC1C. The topological polar surface area (TPSA) is 29.5 Å². The third-order valence-electron chi connectivity index (χ3n) is 3.68. The van der Waals surface area contributed by atoms with Crippen LogP contribution in [-0.2, 0) is 16.1 Å². The van der Waals surface area contributed by atoms with Gasteiger partial charge in [-0.2, -0.15) is 0 Å². The zero-order chi connectivity index (χ0) is 13.1. The van der Waals surface area contributed by atoms with Crippen LogP contribution >= 0.6 is 0 Å². The number of likely N-dealkylation sites (tertiary alicyclic amines) is 1. The van der Waals surface area contributed by atoms with Gasteiger partial charge in [-0.15, -0.1) is 0 Å². The maximum atomic E-state index is 11.6. The minimum atomic E-state index is -0.0748. The van der Waals surface area contributed by atoms with E-state index in [1.807, 2.05) is 0 Å². The molecule has 3 heteroatoms. The zero-order valence-electron chi connectivity index (χ0n) is 11.3. The van der Waals surface area contributed by atoms with E-state index in [9.17, 15) is 4.79 Å². The van der Waals surface area contributed by atoms with E-state index in [0.29, 0.717) is 5.92 Å². The Kier molecular flexibility index (Phi) is 4.02. The Balaban J connectivity index is 1.98. The Morgan fingerprint density at radius 3 is 2.89 bits per heavy atom. The highest BCUT2D eigenvalue weighted by Gasteiger charge is 2.35. The van der Waals surface area contributed by atoms with Crippen molar-refractivity contribution >= 4 is 5.97 Å². The Bertz CT molecular complexity index is 430. The first kappa shape index (κ1) is 13.1. The molecule has 0 spiro atoms. The molecule has 1 aliphatic heterocycles. The quantitative estimate of drug-likeness (QED) is 0.767. The number of carbonyl (C=O) groups is 1. The summed E-state index contributed by atoms with van der Waals surface area (Å²) in [6.45, 7) is 6.92. The maximum Gasteiger partial charge on any atom is 0.310 e. The molecule has 1 aromatic rings. The first-order chi connectivity index (χ1) is 8.60. The van der Waals surface area contributed by atoms with Gasteiger partial charge in [-0.25, -0.2) is 0 Å². The Labute approximate surface area is 109 Å². The maximum absolute atomic E-state index is 11.6. The third kappa shape index (κ3) is 2.91. The summed E-state index contributed by atoms with van der Waals surface area (Å²) in [5.41, 5.74) is 2.59. The van der Waals surface area contributed by atoms with Gasteiger partial charge in [0.2, 0.25) is 0 Å². The monoisotopic (exact) mass is 247 g/mol. The number of hydrogen-bond donors (Lipinski definition) is 0. The summed E-state index contributed by atoms with van der Waals surface area (Å²) >= 11 is 0. The summed E-state index contributed by atoms with van der Waals surface area (Å²) in [5.74, 6) is 0.330. The number of hydrogen-bond acceptors (Lipinski definition) is 3. The van der Waals surface area contributed by atoms with Crippen molar-refractivity contribution in [2.45, 2.75) is 20.4 Å². The Morgan fingerprint density at radius 1 is 1.44 bits per heavy atom. The van der Waals surface area contributed by atoms with Crippen molar-refractivity contribution in [2.75, 3.05) is 20.2 Å². The molecule has 1 aromatic carbocycles. The fourth-order valence-corrected chi connectivity index (χ4v) is 2.72. The highest BCUT2D eigenvalue weighted by Crippen LogP contribution is 2.25. The van der Waals surface area contributed by atoms with Crippen molar-refractivity contribution in [3.63, 3.8) is 0 Å². The normalized spacial score (nSPS) is 24.2. The van der Waals surface area contributed by atoms with Gasteiger partial charge >= 0.3 is 5.97 Å². The first-order valence-electron chi connectivity index (χ1n) is 6.46. The highest BCUT2D eigenvalue weighted by molar-refractivity contribution is 5.73. The Hall–Kier alpha value is -1.35. The predicted molar refractivity (Wildman–Crippen MR) is 71.1 cm³/mol. The summed E-state index contributed by atoms with van der Waals surface area (Å²) in [5, 5.41) is 0. The predicted octanol–water partition coefficient (Wildman–Crippen LogP) is 2.24. The van der Waals surface area contributed by atoms with E-state index in [1.165, 1.54) is 18.2 Å². The van der Waals surface area contributed by atoms with E-state index in [0.717, 1.165) is 19.6 Å². The van der Waals surface area contributed by atoms with Crippen molar-refractivity contribution in [2.24, 2.45) is 11.8 Å². The largest absolute Gasteiger partial charge is 0.469 e. The number of methoxy groups -OCH3 is 1. The zero-order valence-corrected chi connectivity index (χ0v) is 11.3. The molecule has 2 rings (SSSR count). The number of benzene rings is 1. The molecule has 98 valence electrons. The molecule has 1 heterocycles. The smallest absolute Gasteiger partial charge is 0.310 e.